The van der Waals surface area contributed by atoms with Crippen LogP contribution in [0.1, 0.15) is 38.7 Å². The number of carbonyl (C=O) groups is 1. The number of likely N-dealkylation sites (tertiary alicyclic amines) is 1. The highest BCUT2D eigenvalue weighted by molar-refractivity contribution is 9.10. The number of hydrogen-bond acceptors (Lipinski definition) is 4. The lowest BCUT2D eigenvalue weighted by Crippen LogP contribution is -2.50. The van der Waals surface area contributed by atoms with Gasteiger partial charge in [0.2, 0.25) is 0 Å². The summed E-state index contributed by atoms with van der Waals surface area (Å²) in [6, 6.07) is 11.5. The highest BCUT2D eigenvalue weighted by atomic mass is 79.9. The zero-order chi connectivity index (χ0) is 22.6. The number of nitrogens with zero attached hydrogens (tertiary/aromatic N) is 2. The van der Waals surface area contributed by atoms with Gasteiger partial charge in [0.15, 0.2) is 0 Å². The second-order valence-electron chi connectivity index (χ2n) is 8.85. The first-order valence-corrected chi connectivity index (χ1v) is 12.7. The molecule has 2 aliphatic heterocycles. The first-order valence-electron chi connectivity index (χ1n) is 10.0. The summed E-state index contributed by atoms with van der Waals surface area (Å²) in [5.74, 6) is -0.143. The first kappa shape index (κ1) is 22.4. The third kappa shape index (κ3) is 4.30. The maximum atomic E-state index is 13.6. The fourth-order valence-corrected chi connectivity index (χ4v) is 6.49. The van der Waals surface area contributed by atoms with Crippen LogP contribution in [0.3, 0.4) is 0 Å². The molecule has 2 aromatic rings. The van der Waals surface area contributed by atoms with Crippen LogP contribution in [0, 0.1) is 0 Å². The lowest BCUT2D eigenvalue weighted by molar-refractivity contribution is 0.0192. The van der Waals surface area contributed by atoms with Gasteiger partial charge in [-0.25, -0.2) is 13.2 Å². The second kappa shape index (κ2) is 7.98. The van der Waals surface area contributed by atoms with Crippen LogP contribution in [-0.2, 0) is 14.8 Å². The largest absolute Gasteiger partial charge is 0.444 e. The van der Waals surface area contributed by atoms with Crippen molar-refractivity contribution in [3.63, 3.8) is 0 Å². The number of benzene rings is 2. The summed E-state index contributed by atoms with van der Waals surface area (Å²) in [5.41, 5.74) is 0.971. The van der Waals surface area contributed by atoms with Crippen molar-refractivity contribution in [3.05, 3.63) is 57.5 Å². The lowest BCUT2D eigenvalue weighted by atomic mass is 9.89. The number of ether oxygens (including phenoxy) is 1. The number of piperidine rings is 1. The van der Waals surface area contributed by atoms with E-state index in [0.29, 0.717) is 30.2 Å². The zero-order valence-electron chi connectivity index (χ0n) is 17.5. The molecule has 0 bridgehead atoms. The van der Waals surface area contributed by atoms with Crippen molar-refractivity contribution < 1.29 is 17.9 Å². The van der Waals surface area contributed by atoms with Crippen LogP contribution in [0.25, 0.3) is 0 Å². The van der Waals surface area contributed by atoms with E-state index in [9.17, 15) is 13.2 Å². The topological polar surface area (TPSA) is 66.9 Å². The average Bonchev–Trinajstić information content (AvgIpc) is 3.00. The molecule has 0 aliphatic carbocycles. The molecule has 0 N–H and O–H groups in total. The van der Waals surface area contributed by atoms with E-state index >= 15 is 0 Å². The van der Waals surface area contributed by atoms with E-state index in [1.165, 1.54) is 16.4 Å². The smallest absolute Gasteiger partial charge is 0.410 e. The standard InChI is InChI=1S/C22H24BrClN2O4S/c1-22(2,3)30-21(27)25-11-10-20-18(13-25)17-12-14(23)4-9-19(17)26(20)31(28,29)16-7-5-15(24)6-8-16/h4-9,12,18,20H,10-11,13H2,1-3H3. The number of rotatable bonds is 2. The summed E-state index contributed by atoms with van der Waals surface area (Å²) in [4.78, 5) is 14.5. The molecule has 2 aliphatic rings. The van der Waals surface area contributed by atoms with E-state index in [1.54, 1.807) is 17.0 Å². The highest BCUT2D eigenvalue weighted by Crippen LogP contribution is 2.48. The molecular weight excluding hydrogens is 504 g/mol. The molecule has 2 unspecified atom stereocenters. The fraction of sp³-hybridized carbons (Fsp3) is 0.409. The molecule has 2 heterocycles. The summed E-state index contributed by atoms with van der Waals surface area (Å²) in [6.07, 6.45) is 0.143. The minimum Gasteiger partial charge on any atom is -0.444 e. The third-order valence-electron chi connectivity index (χ3n) is 5.53. The summed E-state index contributed by atoms with van der Waals surface area (Å²) in [6.45, 7) is 6.33. The number of hydrogen-bond donors (Lipinski definition) is 0. The normalized spacial score (nSPS) is 20.9. The predicted molar refractivity (Wildman–Crippen MR) is 124 cm³/mol. The van der Waals surface area contributed by atoms with Crippen LogP contribution in [0.4, 0.5) is 10.5 Å². The van der Waals surface area contributed by atoms with Crippen LogP contribution in [-0.4, -0.2) is 44.1 Å². The maximum Gasteiger partial charge on any atom is 0.410 e. The van der Waals surface area contributed by atoms with Crippen LogP contribution >= 0.6 is 27.5 Å². The monoisotopic (exact) mass is 526 g/mol. The first-order chi connectivity index (χ1) is 14.5. The van der Waals surface area contributed by atoms with E-state index in [0.717, 1.165) is 10.0 Å². The molecule has 0 spiro atoms. The molecule has 1 fully saturated rings. The van der Waals surface area contributed by atoms with Crippen LogP contribution in [0.15, 0.2) is 51.8 Å². The van der Waals surface area contributed by atoms with Gasteiger partial charge in [-0.2, -0.15) is 0 Å². The quantitative estimate of drug-likeness (QED) is 0.524. The van der Waals surface area contributed by atoms with Crippen molar-refractivity contribution in [2.45, 2.75) is 49.6 Å². The number of carbonyl (C=O) groups excluding carboxylic acids is 1. The molecule has 1 saturated heterocycles. The molecule has 0 saturated carbocycles. The molecular formula is C22H24BrClN2O4S. The van der Waals surface area contributed by atoms with E-state index in [1.807, 2.05) is 39.0 Å². The third-order valence-corrected chi connectivity index (χ3v) is 8.12. The number of anilines is 1. The van der Waals surface area contributed by atoms with E-state index in [2.05, 4.69) is 15.9 Å². The van der Waals surface area contributed by atoms with Gasteiger partial charge < -0.3 is 9.64 Å². The Morgan fingerprint density at radius 2 is 1.84 bits per heavy atom. The van der Waals surface area contributed by atoms with Gasteiger partial charge in [-0.15, -0.1) is 0 Å². The minimum absolute atomic E-state index is 0.143. The molecule has 1 amide bonds. The molecule has 2 atom stereocenters. The van der Waals surface area contributed by atoms with Crippen molar-refractivity contribution >= 4 is 49.3 Å². The van der Waals surface area contributed by atoms with Gasteiger partial charge in [-0.3, -0.25) is 4.31 Å². The van der Waals surface area contributed by atoms with Crippen molar-refractivity contribution in [2.75, 3.05) is 17.4 Å². The van der Waals surface area contributed by atoms with E-state index in [-0.39, 0.29) is 22.9 Å². The molecule has 6 nitrogen and oxygen atoms in total. The fourth-order valence-electron chi connectivity index (χ4n) is 4.25. The van der Waals surface area contributed by atoms with Gasteiger partial charge in [0.25, 0.3) is 10.0 Å². The highest BCUT2D eigenvalue weighted by Gasteiger charge is 2.48. The van der Waals surface area contributed by atoms with Gasteiger partial charge in [0.1, 0.15) is 5.60 Å². The second-order valence-corrected chi connectivity index (χ2v) is 12.0. The Hall–Kier alpha value is -1.77. The lowest BCUT2D eigenvalue weighted by Gasteiger charge is -2.38. The molecule has 4 rings (SSSR count). The van der Waals surface area contributed by atoms with Gasteiger partial charge >= 0.3 is 6.09 Å². The Bertz CT molecular complexity index is 1120. The van der Waals surface area contributed by atoms with Crippen molar-refractivity contribution in [2.24, 2.45) is 0 Å². The van der Waals surface area contributed by atoms with Crippen molar-refractivity contribution in [3.8, 4) is 0 Å². The van der Waals surface area contributed by atoms with Crippen molar-refractivity contribution in [1.82, 2.24) is 4.90 Å². The van der Waals surface area contributed by atoms with Gasteiger partial charge in [-0.05, 0) is 75.2 Å². The summed E-state index contributed by atoms with van der Waals surface area (Å²) >= 11 is 9.46. The zero-order valence-corrected chi connectivity index (χ0v) is 20.7. The van der Waals surface area contributed by atoms with Crippen LogP contribution in [0.5, 0.6) is 0 Å². The maximum absolute atomic E-state index is 13.6. The summed E-state index contributed by atoms with van der Waals surface area (Å²) in [7, 11) is -3.79. The number of sulfonamides is 1. The van der Waals surface area contributed by atoms with Gasteiger partial charge in [0.05, 0.1) is 16.6 Å². The molecule has 0 aromatic heterocycles. The molecule has 166 valence electrons. The molecule has 2 aromatic carbocycles. The Kier molecular flexibility index (Phi) is 5.77. The summed E-state index contributed by atoms with van der Waals surface area (Å²) < 4.78 is 35.2. The Balaban J connectivity index is 1.71. The summed E-state index contributed by atoms with van der Waals surface area (Å²) in [5, 5.41) is 0.480. The van der Waals surface area contributed by atoms with E-state index < -0.39 is 15.6 Å². The van der Waals surface area contributed by atoms with Gasteiger partial charge in [-0.1, -0.05) is 27.5 Å². The molecule has 0 radical (unpaired) electrons. The van der Waals surface area contributed by atoms with Crippen molar-refractivity contribution in [1.29, 1.82) is 0 Å². The number of halogens is 2. The van der Waals surface area contributed by atoms with Gasteiger partial charge in [0, 0.05) is 28.5 Å². The predicted octanol–water partition coefficient (Wildman–Crippen LogP) is 5.40. The number of fused-ring (bicyclic) bond motifs is 3. The van der Waals surface area contributed by atoms with Crippen LogP contribution < -0.4 is 4.31 Å². The molecule has 9 heteroatoms. The molecule has 31 heavy (non-hydrogen) atoms. The van der Waals surface area contributed by atoms with E-state index in [4.69, 9.17) is 16.3 Å². The SMILES string of the molecule is CC(C)(C)OC(=O)N1CCC2C(C1)c1cc(Br)ccc1N2S(=O)(=O)c1ccc(Cl)cc1. The minimum atomic E-state index is -3.79. The Morgan fingerprint density at radius 1 is 1.16 bits per heavy atom. The average molecular weight is 528 g/mol. The Labute approximate surface area is 196 Å². The Morgan fingerprint density at radius 3 is 2.48 bits per heavy atom. The number of amides is 1. The van der Waals surface area contributed by atoms with Crippen LogP contribution in [0.2, 0.25) is 5.02 Å².